The average molecular weight is 368 g/mol. The molecule has 0 aromatic carbocycles. The highest BCUT2D eigenvalue weighted by Crippen LogP contribution is 2.25. The summed E-state index contributed by atoms with van der Waals surface area (Å²) in [7, 11) is -3.68. The molecule has 2 rings (SSSR count). The molecule has 2 heterocycles. The molecule has 1 aromatic rings. The van der Waals surface area contributed by atoms with Gasteiger partial charge in [0.2, 0.25) is 5.91 Å². The van der Waals surface area contributed by atoms with E-state index in [1.165, 1.54) is 12.1 Å². The minimum absolute atomic E-state index is 0.0959. The molecular formula is C12H18ClN3O4S2. The molecule has 0 saturated carbocycles. The summed E-state index contributed by atoms with van der Waals surface area (Å²) in [5, 5.41) is 2.69. The van der Waals surface area contributed by atoms with Crippen LogP contribution in [0, 0.1) is 0 Å². The second-order valence-electron chi connectivity index (χ2n) is 4.69. The zero-order valence-electron chi connectivity index (χ0n) is 11.9. The average Bonchev–Trinajstić information content (AvgIpc) is 2.94. The molecule has 1 aromatic heterocycles. The van der Waals surface area contributed by atoms with Crippen LogP contribution in [0.25, 0.3) is 0 Å². The molecule has 10 heteroatoms. The Morgan fingerprint density at radius 2 is 2.09 bits per heavy atom. The topological polar surface area (TPSA) is 87.7 Å². The number of rotatable bonds is 7. The Balaban J connectivity index is 1.68. The van der Waals surface area contributed by atoms with Gasteiger partial charge in [-0.1, -0.05) is 11.6 Å². The molecule has 22 heavy (non-hydrogen) atoms. The zero-order valence-corrected chi connectivity index (χ0v) is 14.3. The number of hydrogen-bond donors (Lipinski definition) is 2. The quantitative estimate of drug-likeness (QED) is 0.715. The monoisotopic (exact) mass is 367 g/mol. The van der Waals surface area contributed by atoms with Crippen molar-refractivity contribution in [1.82, 2.24) is 14.9 Å². The Morgan fingerprint density at radius 3 is 2.73 bits per heavy atom. The Morgan fingerprint density at radius 1 is 1.36 bits per heavy atom. The van der Waals surface area contributed by atoms with Crippen LogP contribution in [0.4, 0.5) is 0 Å². The number of hydrogen-bond acceptors (Lipinski definition) is 6. The summed E-state index contributed by atoms with van der Waals surface area (Å²) in [6, 6.07) is 2.91. The van der Waals surface area contributed by atoms with Gasteiger partial charge in [-0.05, 0) is 12.1 Å². The van der Waals surface area contributed by atoms with Gasteiger partial charge >= 0.3 is 0 Å². The molecule has 124 valence electrons. The van der Waals surface area contributed by atoms with Crippen molar-refractivity contribution < 1.29 is 17.9 Å². The normalized spacial score (nSPS) is 16.6. The van der Waals surface area contributed by atoms with Gasteiger partial charge in [-0.3, -0.25) is 9.69 Å². The molecule has 1 saturated heterocycles. The van der Waals surface area contributed by atoms with Gasteiger partial charge in [-0.25, -0.2) is 13.1 Å². The minimum atomic E-state index is -3.68. The summed E-state index contributed by atoms with van der Waals surface area (Å²) in [4.78, 5) is 13.8. The molecule has 1 amide bonds. The van der Waals surface area contributed by atoms with Crippen LogP contribution in [0.5, 0.6) is 0 Å². The lowest BCUT2D eigenvalue weighted by molar-refractivity contribution is -0.120. The zero-order chi connectivity index (χ0) is 16.0. The summed E-state index contributed by atoms with van der Waals surface area (Å²) in [6.45, 7) is 4.02. The second-order valence-corrected chi connectivity index (χ2v) is 8.40. The van der Waals surface area contributed by atoms with Crippen molar-refractivity contribution in [3.63, 3.8) is 0 Å². The van der Waals surface area contributed by atoms with Gasteiger partial charge in [-0.15, -0.1) is 11.3 Å². The van der Waals surface area contributed by atoms with Crippen molar-refractivity contribution in [2.45, 2.75) is 4.21 Å². The molecule has 7 nitrogen and oxygen atoms in total. The molecule has 1 aliphatic rings. The van der Waals surface area contributed by atoms with Crippen molar-refractivity contribution in [3.05, 3.63) is 16.5 Å². The maximum absolute atomic E-state index is 11.9. The van der Waals surface area contributed by atoms with Crippen LogP contribution in [0.1, 0.15) is 0 Å². The van der Waals surface area contributed by atoms with Crippen LogP contribution in [0.2, 0.25) is 4.34 Å². The third-order valence-electron chi connectivity index (χ3n) is 3.09. The number of carbonyl (C=O) groups excluding carboxylic acids is 1. The molecule has 1 fully saturated rings. The lowest BCUT2D eigenvalue weighted by atomic mass is 10.4. The van der Waals surface area contributed by atoms with E-state index in [9.17, 15) is 13.2 Å². The van der Waals surface area contributed by atoms with E-state index in [1.54, 1.807) is 0 Å². The van der Waals surface area contributed by atoms with Gasteiger partial charge in [0, 0.05) is 26.2 Å². The molecule has 0 spiro atoms. The van der Waals surface area contributed by atoms with E-state index in [4.69, 9.17) is 16.3 Å². The Labute approximate surface area is 138 Å². The molecule has 0 unspecified atom stereocenters. The number of carbonyl (C=O) groups is 1. The van der Waals surface area contributed by atoms with Crippen molar-refractivity contribution >= 4 is 38.9 Å². The summed E-state index contributed by atoms with van der Waals surface area (Å²) in [6.07, 6.45) is 0. The molecule has 0 aliphatic carbocycles. The fraction of sp³-hybridized carbons (Fsp3) is 0.583. The summed E-state index contributed by atoms with van der Waals surface area (Å²) >= 11 is 6.65. The van der Waals surface area contributed by atoms with E-state index in [0.717, 1.165) is 31.0 Å². The number of thiophene rings is 1. The van der Waals surface area contributed by atoms with Crippen LogP contribution in [-0.2, 0) is 19.6 Å². The summed E-state index contributed by atoms with van der Waals surface area (Å²) in [5.41, 5.74) is 0. The standard InChI is InChI=1S/C12H18ClN3O4S2/c13-10-1-2-12(21-10)22(18,19)15-9-11(17)14-3-4-16-5-7-20-8-6-16/h1-2,15H,3-9H2,(H,14,17). The van der Waals surface area contributed by atoms with Crippen molar-refractivity contribution in [3.8, 4) is 0 Å². The number of nitrogens with one attached hydrogen (secondary N) is 2. The summed E-state index contributed by atoms with van der Waals surface area (Å²) in [5.74, 6) is -0.362. The predicted molar refractivity (Wildman–Crippen MR) is 84.8 cm³/mol. The Kier molecular flexibility index (Phi) is 6.60. The highest BCUT2D eigenvalue weighted by Gasteiger charge is 2.17. The molecule has 2 N–H and O–H groups in total. The van der Waals surface area contributed by atoms with Gasteiger partial charge in [0.15, 0.2) is 0 Å². The van der Waals surface area contributed by atoms with E-state index < -0.39 is 10.0 Å². The largest absolute Gasteiger partial charge is 0.379 e. The number of halogens is 1. The van der Waals surface area contributed by atoms with Crippen molar-refractivity contribution in [1.29, 1.82) is 0 Å². The van der Waals surface area contributed by atoms with Crippen LogP contribution < -0.4 is 10.0 Å². The molecule has 0 atom stereocenters. The summed E-state index contributed by atoms with van der Waals surface area (Å²) < 4.78 is 31.8. The first kappa shape index (κ1) is 17.6. The molecule has 1 aliphatic heterocycles. The van der Waals surface area contributed by atoms with Gasteiger partial charge in [-0.2, -0.15) is 0 Å². The fourth-order valence-corrected chi connectivity index (χ4v) is 4.42. The number of ether oxygens (including phenoxy) is 1. The van der Waals surface area contributed by atoms with Crippen LogP contribution in [0.3, 0.4) is 0 Å². The number of amides is 1. The number of sulfonamides is 1. The number of nitrogens with zero attached hydrogens (tertiary/aromatic N) is 1. The van der Waals surface area contributed by atoms with E-state index in [0.29, 0.717) is 24.1 Å². The van der Waals surface area contributed by atoms with E-state index in [-0.39, 0.29) is 16.7 Å². The Bertz CT molecular complexity index is 599. The minimum Gasteiger partial charge on any atom is -0.379 e. The SMILES string of the molecule is O=C(CNS(=O)(=O)c1ccc(Cl)s1)NCCN1CCOCC1. The van der Waals surface area contributed by atoms with Crippen molar-refractivity contribution in [2.24, 2.45) is 0 Å². The molecule has 0 bridgehead atoms. The molecular weight excluding hydrogens is 350 g/mol. The Hall–Kier alpha value is -0.710. The van der Waals surface area contributed by atoms with Gasteiger partial charge in [0.05, 0.1) is 24.1 Å². The van der Waals surface area contributed by atoms with E-state index >= 15 is 0 Å². The van der Waals surface area contributed by atoms with Gasteiger partial charge in [0.25, 0.3) is 10.0 Å². The van der Waals surface area contributed by atoms with Crippen LogP contribution >= 0.6 is 22.9 Å². The van der Waals surface area contributed by atoms with Gasteiger partial charge < -0.3 is 10.1 Å². The van der Waals surface area contributed by atoms with Crippen LogP contribution in [0.15, 0.2) is 16.3 Å². The fourth-order valence-electron chi connectivity index (χ4n) is 1.91. The highest BCUT2D eigenvalue weighted by molar-refractivity contribution is 7.91. The third kappa shape index (κ3) is 5.49. The second kappa shape index (κ2) is 8.23. The predicted octanol–water partition coefficient (Wildman–Crippen LogP) is 0.128. The maximum Gasteiger partial charge on any atom is 0.250 e. The lowest BCUT2D eigenvalue weighted by Gasteiger charge is -2.26. The highest BCUT2D eigenvalue weighted by atomic mass is 35.5. The molecule has 0 radical (unpaired) electrons. The van der Waals surface area contributed by atoms with Gasteiger partial charge in [0.1, 0.15) is 4.21 Å². The first-order valence-electron chi connectivity index (χ1n) is 6.79. The number of morpholine rings is 1. The van der Waals surface area contributed by atoms with Crippen molar-refractivity contribution in [2.75, 3.05) is 45.9 Å². The van der Waals surface area contributed by atoms with Crippen LogP contribution in [-0.4, -0.2) is 65.2 Å². The van der Waals surface area contributed by atoms with E-state index in [2.05, 4.69) is 14.9 Å². The first-order valence-corrected chi connectivity index (χ1v) is 9.47. The smallest absolute Gasteiger partial charge is 0.250 e. The lowest BCUT2D eigenvalue weighted by Crippen LogP contribution is -2.43. The van der Waals surface area contributed by atoms with E-state index in [1.807, 2.05) is 0 Å². The first-order chi connectivity index (χ1) is 10.5. The maximum atomic E-state index is 11.9. The third-order valence-corrected chi connectivity index (χ3v) is 6.21.